The quantitative estimate of drug-likeness (QED) is 0.758. The van der Waals surface area contributed by atoms with Gasteiger partial charge in [-0.25, -0.2) is 0 Å². The first-order valence-corrected chi connectivity index (χ1v) is 8.67. The van der Waals surface area contributed by atoms with Gasteiger partial charge in [-0.2, -0.15) is 0 Å². The first-order valence-electron chi connectivity index (χ1n) is 8.67. The molecule has 6 nitrogen and oxygen atoms in total. The van der Waals surface area contributed by atoms with Crippen LogP contribution in [0.3, 0.4) is 0 Å². The Bertz CT molecular complexity index is 718. The van der Waals surface area contributed by atoms with E-state index in [0.717, 1.165) is 29.1 Å². The van der Waals surface area contributed by atoms with E-state index in [0.29, 0.717) is 26.4 Å². The van der Waals surface area contributed by atoms with Crippen molar-refractivity contribution in [3.63, 3.8) is 0 Å². The van der Waals surface area contributed by atoms with Gasteiger partial charge in [0.1, 0.15) is 11.9 Å². The van der Waals surface area contributed by atoms with Crippen molar-refractivity contribution in [2.45, 2.75) is 19.3 Å². The number of ether oxygens (including phenoxy) is 3. The summed E-state index contributed by atoms with van der Waals surface area (Å²) in [6, 6.07) is 15.4. The lowest BCUT2D eigenvalue weighted by Crippen LogP contribution is -2.45. The lowest BCUT2D eigenvalue weighted by Gasteiger charge is -2.22. The number of carbonyl (C=O) groups excluding carboxylic acids is 1. The summed E-state index contributed by atoms with van der Waals surface area (Å²) in [6.45, 7) is 2.86. The lowest BCUT2D eigenvalue weighted by molar-refractivity contribution is -0.128. The number of anilines is 1. The van der Waals surface area contributed by atoms with Crippen LogP contribution in [-0.4, -0.2) is 38.8 Å². The van der Waals surface area contributed by atoms with Gasteiger partial charge in [0.25, 0.3) is 5.91 Å². The molecule has 0 spiro atoms. The maximum Gasteiger partial charge on any atom is 0.254 e. The molecule has 1 amide bonds. The molecule has 3 rings (SSSR count). The average molecular weight is 393 g/mol. The summed E-state index contributed by atoms with van der Waals surface area (Å²) < 4.78 is 16.4. The molecule has 1 aliphatic rings. The fourth-order valence-electron chi connectivity index (χ4n) is 2.70. The second-order valence-electron chi connectivity index (χ2n) is 6.09. The normalized spacial score (nSPS) is 16.3. The second kappa shape index (κ2) is 10.9. The van der Waals surface area contributed by atoms with Gasteiger partial charge in [-0.15, -0.1) is 12.4 Å². The number of amides is 1. The van der Waals surface area contributed by atoms with Crippen LogP contribution in [0.2, 0.25) is 0 Å². The third kappa shape index (κ3) is 6.52. The van der Waals surface area contributed by atoms with Gasteiger partial charge >= 0.3 is 0 Å². The number of carbonyl (C=O) groups is 1. The zero-order chi connectivity index (χ0) is 18.2. The number of morpholine rings is 1. The molecule has 27 heavy (non-hydrogen) atoms. The van der Waals surface area contributed by atoms with E-state index in [9.17, 15) is 4.79 Å². The van der Waals surface area contributed by atoms with Crippen LogP contribution in [0.15, 0.2) is 48.5 Å². The third-order valence-corrected chi connectivity index (χ3v) is 4.11. The summed E-state index contributed by atoms with van der Waals surface area (Å²) in [4.78, 5) is 12.2. The Hall–Kier alpha value is -2.12. The molecule has 1 aliphatic heterocycles. The molecule has 7 heteroatoms. The van der Waals surface area contributed by atoms with E-state index in [1.807, 2.05) is 48.5 Å². The van der Waals surface area contributed by atoms with Crippen molar-refractivity contribution < 1.29 is 19.0 Å². The number of nitrogens with one attached hydrogen (secondary N) is 2. The summed E-state index contributed by atoms with van der Waals surface area (Å²) >= 11 is 0. The molecule has 0 aliphatic carbocycles. The van der Waals surface area contributed by atoms with E-state index in [2.05, 4.69) is 10.6 Å². The van der Waals surface area contributed by atoms with E-state index in [1.54, 1.807) is 7.11 Å². The first kappa shape index (κ1) is 21.2. The summed E-state index contributed by atoms with van der Waals surface area (Å²) in [5.41, 5.74) is 2.82. The number of hydrogen-bond donors (Lipinski definition) is 2. The van der Waals surface area contributed by atoms with Crippen molar-refractivity contribution in [1.82, 2.24) is 5.32 Å². The zero-order valence-electron chi connectivity index (χ0n) is 15.3. The van der Waals surface area contributed by atoms with Crippen LogP contribution in [-0.2, 0) is 27.5 Å². The molecular formula is C20H25ClN2O4. The van der Waals surface area contributed by atoms with E-state index in [-0.39, 0.29) is 18.3 Å². The van der Waals surface area contributed by atoms with E-state index in [1.165, 1.54) is 0 Å². The van der Waals surface area contributed by atoms with Gasteiger partial charge < -0.3 is 24.8 Å². The number of benzene rings is 2. The Morgan fingerprint density at radius 3 is 2.67 bits per heavy atom. The third-order valence-electron chi connectivity index (χ3n) is 4.11. The minimum absolute atomic E-state index is 0. The smallest absolute Gasteiger partial charge is 0.254 e. The number of hydrogen-bond acceptors (Lipinski definition) is 5. The van der Waals surface area contributed by atoms with Crippen LogP contribution in [0, 0.1) is 0 Å². The summed E-state index contributed by atoms with van der Waals surface area (Å²) in [7, 11) is 1.65. The molecule has 1 fully saturated rings. The molecule has 2 aromatic carbocycles. The Labute approximate surface area is 165 Å². The monoisotopic (exact) mass is 392 g/mol. The standard InChI is InChI=1S/C20H24N2O4.ClH/c1-24-18-7-5-15(6-8-18)13-25-14-16-3-2-4-17(11-16)22-20(23)19-12-21-9-10-26-19;/h2-8,11,19,21H,9-10,12-14H2,1H3,(H,22,23);1H/t19-;/m1./s1. The summed E-state index contributed by atoms with van der Waals surface area (Å²) in [5.74, 6) is 0.697. The van der Waals surface area contributed by atoms with Crippen LogP contribution < -0.4 is 15.4 Å². The van der Waals surface area contributed by atoms with Gasteiger partial charge in [0, 0.05) is 18.8 Å². The predicted octanol–water partition coefficient (Wildman–Crippen LogP) is 2.76. The van der Waals surface area contributed by atoms with E-state index in [4.69, 9.17) is 14.2 Å². The molecule has 146 valence electrons. The molecule has 0 aromatic heterocycles. The molecule has 0 saturated carbocycles. The molecule has 0 bridgehead atoms. The molecule has 0 unspecified atom stereocenters. The molecule has 1 saturated heterocycles. The Morgan fingerprint density at radius 2 is 1.96 bits per heavy atom. The fraction of sp³-hybridized carbons (Fsp3) is 0.350. The van der Waals surface area contributed by atoms with Crippen molar-refractivity contribution in [3.8, 4) is 5.75 Å². The van der Waals surface area contributed by atoms with Crippen LogP contribution in [0.25, 0.3) is 0 Å². The summed E-state index contributed by atoms with van der Waals surface area (Å²) in [5, 5.41) is 6.05. The molecular weight excluding hydrogens is 368 g/mol. The molecule has 2 aromatic rings. The van der Waals surface area contributed by atoms with Gasteiger partial charge in [-0.3, -0.25) is 4.79 Å². The van der Waals surface area contributed by atoms with Gasteiger partial charge in [-0.1, -0.05) is 24.3 Å². The van der Waals surface area contributed by atoms with Crippen LogP contribution >= 0.6 is 12.4 Å². The number of rotatable bonds is 7. The van der Waals surface area contributed by atoms with E-state index < -0.39 is 6.10 Å². The average Bonchev–Trinajstić information content (AvgIpc) is 2.69. The van der Waals surface area contributed by atoms with Crippen molar-refractivity contribution in [3.05, 3.63) is 59.7 Å². The summed E-state index contributed by atoms with van der Waals surface area (Å²) in [6.07, 6.45) is -0.446. The maximum absolute atomic E-state index is 12.2. The lowest BCUT2D eigenvalue weighted by atomic mass is 10.2. The number of methoxy groups -OCH3 is 1. The molecule has 1 heterocycles. The van der Waals surface area contributed by atoms with Crippen molar-refractivity contribution >= 4 is 24.0 Å². The SMILES string of the molecule is COc1ccc(COCc2cccc(NC(=O)[C@H]3CNCCO3)c2)cc1.Cl. The van der Waals surface area contributed by atoms with Crippen LogP contribution in [0.4, 0.5) is 5.69 Å². The highest BCUT2D eigenvalue weighted by atomic mass is 35.5. The molecule has 1 atom stereocenters. The van der Waals surface area contributed by atoms with Gasteiger partial charge in [0.2, 0.25) is 0 Å². The first-order chi connectivity index (χ1) is 12.7. The minimum Gasteiger partial charge on any atom is -0.497 e. The highest BCUT2D eigenvalue weighted by Gasteiger charge is 2.21. The Kier molecular flexibility index (Phi) is 8.54. The number of halogens is 1. The van der Waals surface area contributed by atoms with Crippen molar-refractivity contribution in [2.75, 3.05) is 32.1 Å². The Morgan fingerprint density at radius 1 is 1.19 bits per heavy atom. The van der Waals surface area contributed by atoms with Crippen molar-refractivity contribution in [1.29, 1.82) is 0 Å². The van der Waals surface area contributed by atoms with Gasteiger partial charge in [0.15, 0.2) is 0 Å². The van der Waals surface area contributed by atoms with Crippen molar-refractivity contribution in [2.24, 2.45) is 0 Å². The van der Waals surface area contributed by atoms with Gasteiger partial charge in [0.05, 0.1) is 26.9 Å². The fourth-order valence-corrected chi connectivity index (χ4v) is 2.70. The zero-order valence-corrected chi connectivity index (χ0v) is 16.1. The van der Waals surface area contributed by atoms with E-state index >= 15 is 0 Å². The maximum atomic E-state index is 12.2. The van der Waals surface area contributed by atoms with Crippen LogP contribution in [0.1, 0.15) is 11.1 Å². The van der Waals surface area contributed by atoms with Gasteiger partial charge in [-0.05, 0) is 35.4 Å². The topological polar surface area (TPSA) is 68.8 Å². The molecule has 2 N–H and O–H groups in total. The van der Waals surface area contributed by atoms with Crippen LogP contribution in [0.5, 0.6) is 5.75 Å². The highest BCUT2D eigenvalue weighted by Crippen LogP contribution is 2.15. The minimum atomic E-state index is -0.446. The highest BCUT2D eigenvalue weighted by molar-refractivity contribution is 5.94. The predicted molar refractivity (Wildman–Crippen MR) is 106 cm³/mol. The molecule has 0 radical (unpaired) electrons. The second-order valence-corrected chi connectivity index (χ2v) is 6.09. The Balaban J connectivity index is 0.00000261. The largest absolute Gasteiger partial charge is 0.497 e.